The van der Waals surface area contributed by atoms with Gasteiger partial charge in [0.25, 0.3) is 0 Å². The highest BCUT2D eigenvalue weighted by Gasteiger charge is 2.28. The molecule has 1 saturated carbocycles. The second kappa shape index (κ2) is 3.18. The average Bonchev–Trinajstić information content (AvgIpc) is 2.92. The Morgan fingerprint density at radius 2 is 2.08 bits per heavy atom. The van der Waals surface area contributed by atoms with Crippen molar-refractivity contribution in [1.82, 2.24) is 9.97 Å². The number of nitrogens with two attached hydrogens (primary N) is 1. The molecule has 70 valence electrons. The highest BCUT2D eigenvalue weighted by atomic mass is 32.2. The van der Waals surface area contributed by atoms with Crippen molar-refractivity contribution in [3.63, 3.8) is 0 Å². The Morgan fingerprint density at radius 1 is 1.38 bits per heavy atom. The zero-order chi connectivity index (χ0) is 9.42. The van der Waals surface area contributed by atoms with Crippen LogP contribution < -0.4 is 5.73 Å². The maximum atomic E-state index is 5.80. The predicted molar refractivity (Wildman–Crippen MR) is 54.9 cm³/mol. The first kappa shape index (κ1) is 8.81. The molecule has 0 unspecified atom stereocenters. The van der Waals surface area contributed by atoms with Gasteiger partial charge in [-0.2, -0.15) is 0 Å². The van der Waals surface area contributed by atoms with Crippen LogP contribution in [0.3, 0.4) is 0 Å². The fourth-order valence-electron chi connectivity index (χ4n) is 1.38. The smallest absolute Gasteiger partial charge is 0.189 e. The summed E-state index contributed by atoms with van der Waals surface area (Å²) in [6.45, 7) is 2.01. The van der Waals surface area contributed by atoms with E-state index in [1.807, 2.05) is 13.2 Å². The summed E-state index contributed by atoms with van der Waals surface area (Å²) in [5.74, 6) is 1.29. The Labute approximate surface area is 82.2 Å². The van der Waals surface area contributed by atoms with Crippen molar-refractivity contribution >= 4 is 17.6 Å². The standard InChI is InChI=1S/C9H13N3S/c1-5-7(6-3-4-6)11-9(13-2)12-8(5)10/h6H,3-4H2,1-2H3,(H2,10,11,12). The first-order valence-corrected chi connectivity index (χ1v) is 5.63. The number of nitrogen functional groups attached to an aromatic ring is 1. The Kier molecular flexibility index (Phi) is 2.15. The Hall–Kier alpha value is -0.770. The SMILES string of the molecule is CSc1nc(N)c(C)c(C2CC2)n1. The van der Waals surface area contributed by atoms with Crippen LogP contribution in [0.2, 0.25) is 0 Å². The van der Waals surface area contributed by atoms with E-state index in [-0.39, 0.29) is 0 Å². The van der Waals surface area contributed by atoms with Crippen molar-refractivity contribution < 1.29 is 0 Å². The van der Waals surface area contributed by atoms with E-state index < -0.39 is 0 Å². The van der Waals surface area contributed by atoms with Gasteiger partial charge in [-0.25, -0.2) is 9.97 Å². The summed E-state index contributed by atoms with van der Waals surface area (Å²) in [7, 11) is 0. The third-order valence-corrected chi connectivity index (χ3v) is 2.89. The summed E-state index contributed by atoms with van der Waals surface area (Å²) in [4.78, 5) is 8.68. The molecule has 1 aliphatic rings. The van der Waals surface area contributed by atoms with Gasteiger partial charge in [-0.3, -0.25) is 0 Å². The zero-order valence-electron chi connectivity index (χ0n) is 7.87. The Balaban J connectivity index is 2.46. The summed E-state index contributed by atoms with van der Waals surface area (Å²) in [5, 5.41) is 0.796. The van der Waals surface area contributed by atoms with E-state index in [1.165, 1.54) is 12.8 Å². The van der Waals surface area contributed by atoms with E-state index in [0.717, 1.165) is 16.4 Å². The zero-order valence-corrected chi connectivity index (χ0v) is 8.69. The molecule has 1 aromatic rings. The highest BCUT2D eigenvalue weighted by Crippen LogP contribution is 2.41. The van der Waals surface area contributed by atoms with E-state index in [4.69, 9.17) is 5.73 Å². The second-order valence-corrected chi connectivity index (χ2v) is 4.15. The first-order chi connectivity index (χ1) is 6.22. The molecule has 1 fully saturated rings. The lowest BCUT2D eigenvalue weighted by atomic mass is 10.2. The van der Waals surface area contributed by atoms with Crippen LogP contribution in [-0.4, -0.2) is 16.2 Å². The molecule has 0 radical (unpaired) electrons. The fraction of sp³-hybridized carbons (Fsp3) is 0.556. The van der Waals surface area contributed by atoms with Crippen molar-refractivity contribution in [3.8, 4) is 0 Å². The molecule has 0 bridgehead atoms. The largest absolute Gasteiger partial charge is 0.383 e. The Morgan fingerprint density at radius 3 is 2.62 bits per heavy atom. The lowest BCUT2D eigenvalue weighted by molar-refractivity contribution is 0.872. The summed E-state index contributed by atoms with van der Waals surface area (Å²) in [6.07, 6.45) is 4.48. The summed E-state index contributed by atoms with van der Waals surface area (Å²) >= 11 is 1.55. The first-order valence-electron chi connectivity index (χ1n) is 4.40. The van der Waals surface area contributed by atoms with Crippen LogP contribution in [0, 0.1) is 6.92 Å². The number of nitrogens with zero attached hydrogens (tertiary/aromatic N) is 2. The van der Waals surface area contributed by atoms with Gasteiger partial charge in [0.05, 0.1) is 5.69 Å². The number of aromatic nitrogens is 2. The molecule has 0 saturated heterocycles. The monoisotopic (exact) mass is 195 g/mol. The molecule has 0 spiro atoms. The van der Waals surface area contributed by atoms with E-state index in [2.05, 4.69) is 9.97 Å². The molecule has 0 amide bonds. The summed E-state index contributed by atoms with van der Waals surface area (Å²) < 4.78 is 0. The van der Waals surface area contributed by atoms with Gasteiger partial charge in [-0.05, 0) is 26.0 Å². The minimum absolute atomic E-state index is 0.640. The molecule has 2 N–H and O–H groups in total. The maximum Gasteiger partial charge on any atom is 0.189 e. The van der Waals surface area contributed by atoms with Gasteiger partial charge in [0.1, 0.15) is 5.82 Å². The van der Waals surface area contributed by atoms with Gasteiger partial charge in [-0.1, -0.05) is 11.8 Å². The van der Waals surface area contributed by atoms with Crippen LogP contribution in [0.25, 0.3) is 0 Å². The molecule has 1 heterocycles. The molecule has 2 rings (SSSR count). The fourth-order valence-corrected chi connectivity index (χ4v) is 1.75. The van der Waals surface area contributed by atoms with Crippen LogP contribution >= 0.6 is 11.8 Å². The molecule has 1 aliphatic carbocycles. The maximum absolute atomic E-state index is 5.80. The number of hydrogen-bond acceptors (Lipinski definition) is 4. The number of rotatable bonds is 2. The van der Waals surface area contributed by atoms with E-state index in [1.54, 1.807) is 11.8 Å². The third-order valence-electron chi connectivity index (χ3n) is 2.35. The van der Waals surface area contributed by atoms with Gasteiger partial charge in [0.15, 0.2) is 5.16 Å². The quantitative estimate of drug-likeness (QED) is 0.579. The van der Waals surface area contributed by atoms with Gasteiger partial charge in [0, 0.05) is 11.5 Å². The minimum Gasteiger partial charge on any atom is -0.383 e. The molecule has 3 nitrogen and oxygen atoms in total. The van der Waals surface area contributed by atoms with Crippen molar-refractivity contribution in [2.45, 2.75) is 30.8 Å². The predicted octanol–water partition coefficient (Wildman–Crippen LogP) is 1.97. The van der Waals surface area contributed by atoms with Gasteiger partial charge < -0.3 is 5.73 Å². The molecular formula is C9H13N3S. The van der Waals surface area contributed by atoms with Crippen LogP contribution in [0.15, 0.2) is 5.16 Å². The van der Waals surface area contributed by atoms with E-state index in [0.29, 0.717) is 11.7 Å². The van der Waals surface area contributed by atoms with Crippen molar-refractivity contribution in [1.29, 1.82) is 0 Å². The van der Waals surface area contributed by atoms with Crippen molar-refractivity contribution in [2.75, 3.05) is 12.0 Å². The van der Waals surface area contributed by atoms with Crippen molar-refractivity contribution in [3.05, 3.63) is 11.3 Å². The number of thioether (sulfide) groups is 1. The molecule has 0 atom stereocenters. The van der Waals surface area contributed by atoms with Crippen LogP contribution in [0.1, 0.15) is 30.0 Å². The highest BCUT2D eigenvalue weighted by molar-refractivity contribution is 7.98. The topological polar surface area (TPSA) is 51.8 Å². The molecule has 13 heavy (non-hydrogen) atoms. The van der Waals surface area contributed by atoms with Gasteiger partial charge >= 0.3 is 0 Å². The van der Waals surface area contributed by atoms with Crippen LogP contribution in [0.5, 0.6) is 0 Å². The van der Waals surface area contributed by atoms with Crippen LogP contribution in [0.4, 0.5) is 5.82 Å². The lowest BCUT2D eigenvalue weighted by Gasteiger charge is -2.07. The average molecular weight is 195 g/mol. The Bertz CT molecular complexity index is 334. The molecular weight excluding hydrogens is 182 g/mol. The van der Waals surface area contributed by atoms with E-state index >= 15 is 0 Å². The molecule has 4 heteroatoms. The van der Waals surface area contributed by atoms with Crippen LogP contribution in [-0.2, 0) is 0 Å². The molecule has 0 aromatic carbocycles. The minimum atomic E-state index is 0.640. The number of hydrogen-bond donors (Lipinski definition) is 1. The summed E-state index contributed by atoms with van der Waals surface area (Å²) in [6, 6.07) is 0. The molecule has 1 aromatic heterocycles. The number of anilines is 1. The normalized spacial score (nSPS) is 16.2. The lowest BCUT2D eigenvalue weighted by Crippen LogP contribution is -2.03. The third kappa shape index (κ3) is 1.63. The van der Waals surface area contributed by atoms with Gasteiger partial charge in [0.2, 0.25) is 0 Å². The second-order valence-electron chi connectivity index (χ2n) is 3.38. The summed E-state index contributed by atoms with van der Waals surface area (Å²) in [5.41, 5.74) is 8.03. The van der Waals surface area contributed by atoms with Crippen molar-refractivity contribution in [2.24, 2.45) is 0 Å². The van der Waals surface area contributed by atoms with E-state index in [9.17, 15) is 0 Å². The van der Waals surface area contributed by atoms with Gasteiger partial charge in [-0.15, -0.1) is 0 Å². The molecule has 0 aliphatic heterocycles.